The number of hydrogen-bond donors (Lipinski definition) is 1. The zero-order valence-corrected chi connectivity index (χ0v) is 14.5. The molecule has 6 nitrogen and oxygen atoms in total. The molecule has 2 rings (SSSR count). The first-order valence-electron chi connectivity index (χ1n) is 7.37. The Morgan fingerprint density at radius 1 is 1.27 bits per heavy atom. The molecule has 120 valence electrons. The summed E-state index contributed by atoms with van der Waals surface area (Å²) in [7, 11) is 0. The first kappa shape index (κ1) is 16.9. The molecule has 1 aromatic rings. The molecule has 0 atom stereocenters. The number of halogens is 1. The summed E-state index contributed by atoms with van der Waals surface area (Å²) in [6.45, 7) is 6.94. The number of nitrogens with zero attached hydrogens (tertiary/aromatic N) is 3. The summed E-state index contributed by atoms with van der Waals surface area (Å²) in [4.78, 5) is 32.0. The van der Waals surface area contributed by atoms with Crippen LogP contribution in [-0.2, 0) is 4.79 Å². The number of amides is 2. The van der Waals surface area contributed by atoms with Gasteiger partial charge >= 0.3 is 0 Å². The molecule has 0 unspecified atom stereocenters. The van der Waals surface area contributed by atoms with Crippen LogP contribution in [0.3, 0.4) is 0 Å². The van der Waals surface area contributed by atoms with Crippen molar-refractivity contribution in [3.8, 4) is 0 Å². The lowest BCUT2D eigenvalue weighted by molar-refractivity contribution is -0.123. The Balaban J connectivity index is 1.84. The molecule has 0 radical (unpaired) electrons. The molecule has 0 bridgehead atoms. The summed E-state index contributed by atoms with van der Waals surface area (Å²) in [6.07, 6.45) is 3.23. The molecule has 0 aliphatic carbocycles. The molecular weight excluding hydrogens is 348 g/mol. The smallest absolute Gasteiger partial charge is 0.255 e. The second-order valence-electron chi connectivity index (χ2n) is 5.68. The van der Waals surface area contributed by atoms with Gasteiger partial charge in [0.05, 0.1) is 12.1 Å². The monoisotopic (exact) mass is 368 g/mol. The average molecular weight is 369 g/mol. The maximum Gasteiger partial charge on any atom is 0.255 e. The zero-order valence-electron chi connectivity index (χ0n) is 12.9. The number of aromatic nitrogens is 1. The molecule has 0 spiro atoms. The Morgan fingerprint density at radius 2 is 1.95 bits per heavy atom. The van der Waals surface area contributed by atoms with Gasteiger partial charge in [0.1, 0.15) is 0 Å². The van der Waals surface area contributed by atoms with E-state index < -0.39 is 0 Å². The summed E-state index contributed by atoms with van der Waals surface area (Å²) in [5, 5.41) is 2.88. The Labute approximate surface area is 139 Å². The highest BCUT2D eigenvalue weighted by Gasteiger charge is 2.23. The van der Waals surface area contributed by atoms with Gasteiger partial charge in [0.15, 0.2) is 0 Å². The second kappa shape index (κ2) is 7.69. The minimum absolute atomic E-state index is 0.0138. The Hall–Kier alpha value is -1.47. The second-order valence-corrected chi connectivity index (χ2v) is 6.60. The molecule has 1 aliphatic heterocycles. The summed E-state index contributed by atoms with van der Waals surface area (Å²) >= 11 is 3.32. The van der Waals surface area contributed by atoms with Gasteiger partial charge in [-0.25, -0.2) is 0 Å². The fraction of sp³-hybridized carbons (Fsp3) is 0.533. The zero-order chi connectivity index (χ0) is 16.1. The molecule has 22 heavy (non-hydrogen) atoms. The van der Waals surface area contributed by atoms with Crippen LogP contribution in [0, 0.1) is 0 Å². The highest BCUT2D eigenvalue weighted by Crippen LogP contribution is 2.13. The molecule has 1 aromatic heterocycles. The van der Waals surface area contributed by atoms with Gasteiger partial charge in [-0.3, -0.25) is 19.5 Å². The number of nitrogens with one attached hydrogen (secondary N) is 1. The molecule has 2 heterocycles. The van der Waals surface area contributed by atoms with Crippen LogP contribution < -0.4 is 5.32 Å². The summed E-state index contributed by atoms with van der Waals surface area (Å²) in [6, 6.07) is 1.93. The van der Waals surface area contributed by atoms with E-state index in [0.29, 0.717) is 38.3 Å². The van der Waals surface area contributed by atoms with Gasteiger partial charge in [-0.1, -0.05) is 0 Å². The van der Waals surface area contributed by atoms with E-state index in [2.05, 4.69) is 31.1 Å². The molecule has 0 aromatic carbocycles. The Bertz CT molecular complexity index is 542. The van der Waals surface area contributed by atoms with Crippen LogP contribution in [-0.4, -0.2) is 65.4 Å². The fourth-order valence-corrected chi connectivity index (χ4v) is 2.76. The average Bonchev–Trinajstić information content (AvgIpc) is 2.46. The molecule has 2 amide bonds. The fourth-order valence-electron chi connectivity index (χ4n) is 2.39. The van der Waals surface area contributed by atoms with Gasteiger partial charge in [-0.05, 0) is 35.8 Å². The van der Waals surface area contributed by atoms with Crippen molar-refractivity contribution in [2.45, 2.75) is 19.9 Å². The quantitative estimate of drug-likeness (QED) is 0.864. The molecule has 1 fully saturated rings. The SMILES string of the molecule is CC(C)NC(=O)CN1CCN(C(=O)c2cncc(Br)c2)CC1. The largest absolute Gasteiger partial charge is 0.353 e. The van der Waals surface area contributed by atoms with Crippen molar-refractivity contribution in [3.05, 3.63) is 28.5 Å². The van der Waals surface area contributed by atoms with Crippen molar-refractivity contribution in [1.82, 2.24) is 20.1 Å². The van der Waals surface area contributed by atoms with E-state index in [1.54, 1.807) is 23.4 Å². The minimum Gasteiger partial charge on any atom is -0.353 e. The van der Waals surface area contributed by atoms with Gasteiger partial charge in [-0.2, -0.15) is 0 Å². The van der Waals surface area contributed by atoms with E-state index >= 15 is 0 Å². The van der Waals surface area contributed by atoms with Crippen LogP contribution >= 0.6 is 15.9 Å². The number of piperazine rings is 1. The summed E-state index contributed by atoms with van der Waals surface area (Å²) < 4.78 is 0.794. The molecule has 1 N–H and O–H groups in total. The van der Waals surface area contributed by atoms with Gasteiger partial charge in [0, 0.05) is 49.1 Å². The lowest BCUT2D eigenvalue weighted by Gasteiger charge is -2.34. The Morgan fingerprint density at radius 3 is 2.55 bits per heavy atom. The summed E-state index contributed by atoms with van der Waals surface area (Å²) in [5.74, 6) is 0.0195. The van der Waals surface area contributed by atoms with Crippen LogP contribution in [0.2, 0.25) is 0 Å². The van der Waals surface area contributed by atoms with E-state index in [4.69, 9.17) is 0 Å². The van der Waals surface area contributed by atoms with E-state index in [1.165, 1.54) is 0 Å². The van der Waals surface area contributed by atoms with Crippen molar-refractivity contribution in [3.63, 3.8) is 0 Å². The third-order valence-corrected chi connectivity index (χ3v) is 3.86. The van der Waals surface area contributed by atoms with Crippen molar-refractivity contribution in [2.75, 3.05) is 32.7 Å². The lowest BCUT2D eigenvalue weighted by Crippen LogP contribution is -2.51. The summed E-state index contributed by atoms with van der Waals surface area (Å²) in [5.41, 5.74) is 0.584. The van der Waals surface area contributed by atoms with Crippen molar-refractivity contribution >= 4 is 27.7 Å². The lowest BCUT2D eigenvalue weighted by atomic mass is 10.2. The number of pyridine rings is 1. The highest BCUT2D eigenvalue weighted by molar-refractivity contribution is 9.10. The third-order valence-electron chi connectivity index (χ3n) is 3.43. The number of hydrogen-bond acceptors (Lipinski definition) is 4. The van der Waals surface area contributed by atoms with Crippen LogP contribution in [0.15, 0.2) is 22.9 Å². The van der Waals surface area contributed by atoms with Crippen molar-refractivity contribution < 1.29 is 9.59 Å². The van der Waals surface area contributed by atoms with Crippen LogP contribution in [0.25, 0.3) is 0 Å². The van der Waals surface area contributed by atoms with Crippen LogP contribution in [0.1, 0.15) is 24.2 Å². The first-order valence-corrected chi connectivity index (χ1v) is 8.16. The minimum atomic E-state index is -0.0138. The van der Waals surface area contributed by atoms with E-state index in [-0.39, 0.29) is 17.9 Å². The highest BCUT2D eigenvalue weighted by atomic mass is 79.9. The first-order chi connectivity index (χ1) is 10.5. The van der Waals surface area contributed by atoms with E-state index in [0.717, 1.165) is 4.47 Å². The standard InChI is InChI=1S/C15H21BrN4O2/c1-11(2)18-14(21)10-19-3-5-20(6-4-19)15(22)12-7-13(16)9-17-8-12/h7-9,11H,3-6,10H2,1-2H3,(H,18,21). The maximum atomic E-state index is 12.4. The normalized spacial score (nSPS) is 15.9. The molecule has 1 aliphatic rings. The third kappa shape index (κ3) is 4.78. The number of carbonyl (C=O) groups excluding carboxylic acids is 2. The predicted octanol–water partition coefficient (Wildman–Crippen LogP) is 1.13. The Kier molecular flexibility index (Phi) is 5.90. The molecular formula is C15H21BrN4O2. The van der Waals surface area contributed by atoms with Crippen molar-refractivity contribution in [1.29, 1.82) is 0 Å². The van der Waals surface area contributed by atoms with Gasteiger partial charge in [0.2, 0.25) is 5.91 Å². The number of carbonyl (C=O) groups is 2. The van der Waals surface area contributed by atoms with Crippen LogP contribution in [0.4, 0.5) is 0 Å². The van der Waals surface area contributed by atoms with Crippen molar-refractivity contribution in [2.24, 2.45) is 0 Å². The predicted molar refractivity (Wildman–Crippen MR) is 87.6 cm³/mol. The van der Waals surface area contributed by atoms with E-state index in [9.17, 15) is 9.59 Å². The molecule has 0 saturated carbocycles. The van der Waals surface area contributed by atoms with Gasteiger partial charge < -0.3 is 10.2 Å². The van der Waals surface area contributed by atoms with Gasteiger partial charge in [0.25, 0.3) is 5.91 Å². The molecule has 1 saturated heterocycles. The maximum absolute atomic E-state index is 12.4. The van der Waals surface area contributed by atoms with Crippen LogP contribution in [0.5, 0.6) is 0 Å². The topological polar surface area (TPSA) is 65.5 Å². The number of rotatable bonds is 4. The van der Waals surface area contributed by atoms with E-state index in [1.807, 2.05) is 13.8 Å². The van der Waals surface area contributed by atoms with Gasteiger partial charge in [-0.15, -0.1) is 0 Å². The molecule has 7 heteroatoms.